The van der Waals surface area contributed by atoms with Crippen LogP contribution in [0.3, 0.4) is 0 Å². The van der Waals surface area contributed by atoms with Gasteiger partial charge in [-0.3, -0.25) is 0 Å². The van der Waals surface area contributed by atoms with Crippen LogP contribution in [0.5, 0.6) is 11.8 Å². The summed E-state index contributed by atoms with van der Waals surface area (Å²) in [6, 6.07) is 6.06. The third-order valence-electron chi connectivity index (χ3n) is 6.91. The first-order chi connectivity index (χ1) is 18.8. The molecule has 0 bridgehead atoms. The molecule has 0 fully saturated rings. The third-order valence-corrected chi connectivity index (χ3v) is 6.91. The molecule has 1 unspecified atom stereocenters. The number of aliphatic carboxylic acids is 1. The molecule has 0 spiro atoms. The fraction of sp³-hybridized carbons (Fsp3) is 0.345. The number of aromatic nitrogens is 2. The summed E-state index contributed by atoms with van der Waals surface area (Å²) in [6.45, 7) is 3.06. The average Bonchev–Trinajstić information content (AvgIpc) is 3.47. The van der Waals surface area contributed by atoms with Crippen molar-refractivity contribution in [2.24, 2.45) is 5.92 Å². The van der Waals surface area contributed by atoms with Gasteiger partial charge in [-0.05, 0) is 61.9 Å². The number of carboxylic acids is 1. The predicted octanol–water partition coefficient (Wildman–Crippen LogP) is 5.83. The summed E-state index contributed by atoms with van der Waals surface area (Å²) in [4.78, 5) is 19.4. The molecule has 0 aliphatic heterocycles. The normalized spacial score (nSPS) is 16.0. The lowest BCUT2D eigenvalue weighted by molar-refractivity contribution is -0.137. The van der Waals surface area contributed by atoms with Crippen LogP contribution in [0.2, 0.25) is 0 Å². The van der Waals surface area contributed by atoms with E-state index in [2.05, 4.69) is 9.97 Å². The lowest BCUT2D eigenvalue weighted by Gasteiger charge is -2.17. The molecule has 0 amide bonds. The fourth-order valence-electron chi connectivity index (χ4n) is 4.92. The minimum Gasteiger partial charge on any atom is -0.478 e. The number of allylic oxidation sites excluding steroid dienone is 1. The number of halogens is 4. The number of ether oxygens (including phenoxy) is 2. The molecule has 2 heterocycles. The summed E-state index contributed by atoms with van der Waals surface area (Å²) >= 11 is 0. The Kier molecular flexibility index (Phi) is 7.03. The quantitative estimate of drug-likeness (QED) is 0.238. The lowest BCUT2D eigenvalue weighted by Crippen LogP contribution is -2.19. The van der Waals surface area contributed by atoms with E-state index in [1.165, 1.54) is 18.3 Å². The van der Waals surface area contributed by atoms with Crippen molar-refractivity contribution in [2.45, 2.75) is 51.5 Å². The van der Waals surface area contributed by atoms with Crippen LogP contribution in [0.4, 0.5) is 17.6 Å². The molecule has 2 aromatic heterocycles. The molecule has 210 valence electrons. The van der Waals surface area contributed by atoms with E-state index in [0.29, 0.717) is 24.8 Å². The van der Waals surface area contributed by atoms with Gasteiger partial charge in [0.1, 0.15) is 12.4 Å². The average molecular weight is 559 g/mol. The van der Waals surface area contributed by atoms with Gasteiger partial charge in [0.2, 0.25) is 11.8 Å². The van der Waals surface area contributed by atoms with E-state index < -0.39 is 29.1 Å². The number of pyridine rings is 2. The van der Waals surface area contributed by atoms with Gasteiger partial charge in [-0.2, -0.15) is 13.2 Å². The molecule has 1 aromatic carbocycles. The van der Waals surface area contributed by atoms with Gasteiger partial charge in [-0.1, -0.05) is 6.07 Å². The van der Waals surface area contributed by atoms with E-state index in [1.54, 1.807) is 19.9 Å². The number of carboxylic acid groups (broad SMARTS) is 1. The summed E-state index contributed by atoms with van der Waals surface area (Å²) in [6.07, 6.45) is -0.794. The number of rotatable bonds is 10. The molecule has 5 rings (SSSR count). The number of aliphatic hydroxyl groups is 1. The zero-order valence-corrected chi connectivity index (χ0v) is 21.7. The second-order valence-electron chi connectivity index (χ2n) is 10.5. The monoisotopic (exact) mass is 558 g/mol. The van der Waals surface area contributed by atoms with Gasteiger partial charge in [0.05, 0.1) is 17.8 Å². The largest absolute Gasteiger partial charge is 0.478 e. The van der Waals surface area contributed by atoms with Gasteiger partial charge in [0, 0.05) is 52.7 Å². The van der Waals surface area contributed by atoms with Crippen molar-refractivity contribution in [3.63, 3.8) is 0 Å². The second-order valence-corrected chi connectivity index (χ2v) is 10.5. The van der Waals surface area contributed by atoms with Crippen LogP contribution in [0.1, 0.15) is 48.9 Å². The summed E-state index contributed by atoms with van der Waals surface area (Å²) < 4.78 is 67.5. The van der Waals surface area contributed by atoms with E-state index in [9.17, 15) is 32.6 Å². The Morgan fingerprint density at radius 1 is 1.05 bits per heavy atom. The SMILES string of the molecule is CC(C)(O)CCCOc1cc(C(F)(F)F)c(-c2ccc(F)c(COc3cc4c(cn3)C3=C(C(=O)O)C3C4)c2)cn1. The van der Waals surface area contributed by atoms with Gasteiger partial charge >= 0.3 is 12.1 Å². The third kappa shape index (κ3) is 5.79. The summed E-state index contributed by atoms with van der Waals surface area (Å²) in [5, 5.41) is 19.0. The van der Waals surface area contributed by atoms with Crippen LogP contribution in [-0.2, 0) is 24.0 Å². The Morgan fingerprint density at radius 3 is 2.42 bits per heavy atom. The van der Waals surface area contributed by atoms with Crippen molar-refractivity contribution in [3.8, 4) is 22.9 Å². The van der Waals surface area contributed by atoms with Crippen LogP contribution in [0.25, 0.3) is 16.7 Å². The first kappa shape index (κ1) is 27.6. The van der Waals surface area contributed by atoms with Crippen LogP contribution < -0.4 is 9.47 Å². The topological polar surface area (TPSA) is 102 Å². The maximum atomic E-state index is 14.6. The zero-order valence-electron chi connectivity index (χ0n) is 21.7. The lowest BCUT2D eigenvalue weighted by atomic mass is 9.99. The van der Waals surface area contributed by atoms with Gasteiger partial charge in [0.15, 0.2) is 0 Å². The Balaban J connectivity index is 1.32. The molecule has 2 aliphatic carbocycles. The Bertz CT molecular complexity index is 1510. The zero-order chi connectivity index (χ0) is 28.8. The molecule has 0 radical (unpaired) electrons. The summed E-state index contributed by atoms with van der Waals surface area (Å²) in [5.41, 5.74) is 0.819. The van der Waals surface area contributed by atoms with Gasteiger partial charge in [-0.15, -0.1) is 0 Å². The number of alkyl halides is 3. The molecule has 3 aromatic rings. The first-order valence-corrected chi connectivity index (χ1v) is 12.6. The van der Waals surface area contributed by atoms with Crippen LogP contribution in [0, 0.1) is 11.7 Å². The number of hydrogen-bond acceptors (Lipinski definition) is 6. The van der Waals surface area contributed by atoms with Crippen molar-refractivity contribution in [1.82, 2.24) is 9.97 Å². The molecule has 2 N–H and O–H groups in total. The number of benzene rings is 1. The van der Waals surface area contributed by atoms with E-state index >= 15 is 0 Å². The van der Waals surface area contributed by atoms with E-state index in [4.69, 9.17) is 9.47 Å². The van der Waals surface area contributed by atoms with Crippen molar-refractivity contribution in [3.05, 3.63) is 76.4 Å². The van der Waals surface area contributed by atoms with Crippen molar-refractivity contribution < 1.29 is 42.0 Å². The number of carbonyl (C=O) groups is 1. The highest BCUT2D eigenvalue weighted by atomic mass is 19.4. The predicted molar refractivity (Wildman–Crippen MR) is 136 cm³/mol. The fourth-order valence-corrected chi connectivity index (χ4v) is 4.92. The summed E-state index contributed by atoms with van der Waals surface area (Å²) in [5.74, 6) is -1.71. The number of hydrogen-bond donors (Lipinski definition) is 2. The molecule has 7 nitrogen and oxygen atoms in total. The highest BCUT2D eigenvalue weighted by molar-refractivity contribution is 6.11. The minimum atomic E-state index is -4.72. The molecule has 0 saturated carbocycles. The van der Waals surface area contributed by atoms with E-state index in [0.717, 1.165) is 35.0 Å². The smallest absolute Gasteiger partial charge is 0.417 e. The first-order valence-electron chi connectivity index (χ1n) is 12.6. The Morgan fingerprint density at radius 2 is 1.75 bits per heavy atom. The Hall–Kier alpha value is -3.99. The standard InChI is InChI=1S/C29H26F4N2O5/c1-28(2,38)6-3-7-39-24-11-21(29(31,32)33)19(12-34-24)15-4-5-22(30)17(8-15)14-40-23-10-16-9-18-25(20(16)13-35-23)26(18)27(36)37/h4-5,8,10-13,18,38H,3,6-7,9,14H2,1-2H3,(H,36,37). The van der Waals surface area contributed by atoms with Crippen LogP contribution >= 0.6 is 0 Å². The van der Waals surface area contributed by atoms with Crippen LogP contribution in [0.15, 0.2) is 48.3 Å². The van der Waals surface area contributed by atoms with Gasteiger partial charge in [0.25, 0.3) is 0 Å². The molecule has 11 heteroatoms. The molecular formula is C29H26F4N2O5. The molecular weight excluding hydrogens is 532 g/mol. The van der Waals surface area contributed by atoms with Crippen molar-refractivity contribution in [2.75, 3.05) is 6.61 Å². The molecule has 1 atom stereocenters. The highest BCUT2D eigenvalue weighted by Crippen LogP contribution is 2.55. The minimum absolute atomic E-state index is 0.0265. The van der Waals surface area contributed by atoms with Gasteiger partial charge < -0.3 is 19.7 Å². The van der Waals surface area contributed by atoms with Crippen LogP contribution in [-0.4, -0.2) is 38.4 Å². The Labute approximate surface area is 227 Å². The maximum Gasteiger partial charge on any atom is 0.417 e. The van der Waals surface area contributed by atoms with Gasteiger partial charge in [-0.25, -0.2) is 19.2 Å². The van der Waals surface area contributed by atoms with Crippen molar-refractivity contribution >= 4 is 11.5 Å². The molecule has 40 heavy (non-hydrogen) atoms. The van der Waals surface area contributed by atoms with E-state index in [1.807, 2.05) is 0 Å². The maximum absolute atomic E-state index is 14.6. The molecule has 2 aliphatic rings. The molecule has 0 saturated heterocycles. The van der Waals surface area contributed by atoms with E-state index in [-0.39, 0.29) is 47.6 Å². The highest BCUT2D eigenvalue weighted by Gasteiger charge is 2.47. The summed E-state index contributed by atoms with van der Waals surface area (Å²) in [7, 11) is 0. The number of fused-ring (bicyclic) bond motifs is 3. The number of nitrogens with zero attached hydrogens (tertiary/aromatic N) is 2. The van der Waals surface area contributed by atoms with Crippen molar-refractivity contribution in [1.29, 1.82) is 0 Å². The second kappa shape index (κ2) is 10.2.